The van der Waals surface area contributed by atoms with Crippen LogP contribution in [0, 0.1) is 6.92 Å². The number of ether oxygens (including phenoxy) is 1. The van der Waals surface area contributed by atoms with Gasteiger partial charge in [0.05, 0.1) is 17.8 Å². The van der Waals surface area contributed by atoms with Crippen LogP contribution in [0.4, 0.5) is 0 Å². The molecule has 0 atom stereocenters. The topological polar surface area (TPSA) is 63.9 Å². The molecule has 6 heteroatoms. The van der Waals surface area contributed by atoms with E-state index in [0.717, 1.165) is 63.8 Å². The fraction of sp³-hybridized carbons (Fsp3) is 0.261. The van der Waals surface area contributed by atoms with Gasteiger partial charge in [0.2, 0.25) is 0 Å². The summed E-state index contributed by atoms with van der Waals surface area (Å²) in [4.78, 5) is 8.29. The van der Waals surface area contributed by atoms with Crippen molar-refractivity contribution in [1.29, 1.82) is 0 Å². The molecule has 0 radical (unpaired) electrons. The molecule has 4 rings (SSSR count). The van der Waals surface area contributed by atoms with E-state index < -0.39 is 0 Å². The van der Waals surface area contributed by atoms with Crippen molar-refractivity contribution in [3.05, 3.63) is 57.7 Å². The number of halogens is 2. The van der Waals surface area contributed by atoms with Crippen LogP contribution in [0.1, 0.15) is 24.1 Å². The Balaban J connectivity index is 2.00. The summed E-state index contributed by atoms with van der Waals surface area (Å²) in [6.45, 7) is 2.65. The van der Waals surface area contributed by atoms with Gasteiger partial charge in [-0.25, -0.2) is 4.98 Å². The van der Waals surface area contributed by atoms with Crippen molar-refractivity contribution >= 4 is 45.0 Å². The Morgan fingerprint density at radius 3 is 2.69 bits per heavy atom. The van der Waals surface area contributed by atoms with Gasteiger partial charge >= 0.3 is 0 Å². The molecule has 2 heterocycles. The third-order valence-corrected chi connectivity index (χ3v) is 5.76. The second kappa shape index (κ2) is 8.23. The molecule has 0 fully saturated rings. The molecule has 0 amide bonds. The van der Waals surface area contributed by atoms with Crippen molar-refractivity contribution in [1.82, 2.24) is 9.97 Å². The molecule has 0 saturated carbocycles. The zero-order valence-electron chi connectivity index (χ0n) is 16.5. The first-order chi connectivity index (χ1) is 14.0. The Kier molecular flexibility index (Phi) is 5.68. The Hall–Kier alpha value is -2.27. The van der Waals surface area contributed by atoms with E-state index in [0.29, 0.717) is 16.6 Å². The number of benzene rings is 2. The molecule has 2 aromatic heterocycles. The molecular formula is C23H23Cl2N3O. The molecule has 150 valence electrons. The molecule has 2 aromatic carbocycles. The number of aromatic amines is 1. The fourth-order valence-electron chi connectivity index (χ4n) is 3.91. The Bertz CT molecular complexity index is 1200. The molecule has 0 aliphatic carbocycles. The maximum absolute atomic E-state index is 6.61. The summed E-state index contributed by atoms with van der Waals surface area (Å²) in [5.41, 5.74) is 11.7. The lowest BCUT2D eigenvalue weighted by Gasteiger charge is -2.12. The lowest BCUT2D eigenvalue weighted by atomic mass is 9.97. The minimum Gasteiger partial charge on any atom is -0.494 e. The van der Waals surface area contributed by atoms with Crippen molar-refractivity contribution in [2.75, 3.05) is 13.7 Å². The predicted molar refractivity (Wildman–Crippen MR) is 122 cm³/mol. The van der Waals surface area contributed by atoms with Crippen molar-refractivity contribution in [2.45, 2.75) is 26.2 Å². The van der Waals surface area contributed by atoms with Crippen LogP contribution in [0.3, 0.4) is 0 Å². The van der Waals surface area contributed by atoms with Crippen LogP contribution >= 0.6 is 23.2 Å². The molecule has 29 heavy (non-hydrogen) atoms. The largest absolute Gasteiger partial charge is 0.494 e. The smallest absolute Gasteiger partial charge is 0.145 e. The van der Waals surface area contributed by atoms with E-state index in [1.54, 1.807) is 13.2 Å². The summed E-state index contributed by atoms with van der Waals surface area (Å²) in [5.74, 6) is 0.759. The number of methoxy groups -OCH3 is 1. The highest BCUT2D eigenvalue weighted by molar-refractivity contribution is 6.39. The van der Waals surface area contributed by atoms with Gasteiger partial charge in [-0.3, -0.25) is 0 Å². The summed E-state index contributed by atoms with van der Waals surface area (Å²) >= 11 is 12.9. The third kappa shape index (κ3) is 3.68. The van der Waals surface area contributed by atoms with Gasteiger partial charge in [0.25, 0.3) is 0 Å². The number of nitrogens with two attached hydrogens (primary N) is 1. The van der Waals surface area contributed by atoms with E-state index in [1.165, 1.54) is 5.56 Å². The van der Waals surface area contributed by atoms with E-state index in [-0.39, 0.29) is 0 Å². The zero-order chi connectivity index (χ0) is 20.5. The van der Waals surface area contributed by atoms with E-state index >= 15 is 0 Å². The minimum absolute atomic E-state index is 0.612. The Labute approximate surface area is 180 Å². The van der Waals surface area contributed by atoms with Gasteiger partial charge in [-0.05, 0) is 68.6 Å². The number of unbranched alkanes of at least 4 members (excludes halogenated alkanes) is 1. The molecule has 4 nitrogen and oxygen atoms in total. The summed E-state index contributed by atoms with van der Waals surface area (Å²) in [6.07, 6.45) is 2.82. The minimum atomic E-state index is 0.612. The molecule has 3 N–H and O–H groups in total. The number of pyridine rings is 1. The summed E-state index contributed by atoms with van der Waals surface area (Å²) in [6, 6.07) is 11.9. The van der Waals surface area contributed by atoms with E-state index in [4.69, 9.17) is 38.7 Å². The van der Waals surface area contributed by atoms with Gasteiger partial charge in [0.15, 0.2) is 0 Å². The van der Waals surface area contributed by atoms with Gasteiger partial charge in [0, 0.05) is 32.6 Å². The number of aryl methyl sites for hydroxylation is 2. The number of nitrogens with one attached hydrogen (secondary N) is 1. The van der Waals surface area contributed by atoms with E-state index in [9.17, 15) is 0 Å². The van der Waals surface area contributed by atoms with Crippen molar-refractivity contribution in [2.24, 2.45) is 5.73 Å². The highest BCUT2D eigenvalue weighted by Crippen LogP contribution is 2.41. The third-order valence-electron chi connectivity index (χ3n) is 5.25. The monoisotopic (exact) mass is 427 g/mol. The van der Waals surface area contributed by atoms with Crippen LogP contribution in [0.2, 0.25) is 10.0 Å². The van der Waals surface area contributed by atoms with Crippen LogP contribution in [-0.4, -0.2) is 23.6 Å². The molecule has 0 aliphatic heterocycles. The first kappa shape index (κ1) is 20.0. The number of fused-ring (bicyclic) bond motifs is 2. The molecule has 0 saturated heterocycles. The first-order valence-electron chi connectivity index (χ1n) is 9.68. The standard InChI is InChI=1S/C23H23Cl2N3O/c1-13-6-7-16-15(8-9-20(29-2)23(16)27-13)22-17(5-3-4-10-26)21-18(25)11-14(24)12-19(21)28-22/h6-9,11-12,28H,3-5,10,26H2,1-2H3. The summed E-state index contributed by atoms with van der Waals surface area (Å²) in [7, 11) is 1.67. The molecule has 0 spiro atoms. The van der Waals surface area contributed by atoms with Crippen LogP contribution in [0.25, 0.3) is 33.1 Å². The van der Waals surface area contributed by atoms with Crippen LogP contribution in [0.15, 0.2) is 36.4 Å². The van der Waals surface area contributed by atoms with Gasteiger partial charge in [-0.2, -0.15) is 0 Å². The number of hydrogen-bond acceptors (Lipinski definition) is 3. The number of H-pyrrole nitrogens is 1. The Morgan fingerprint density at radius 2 is 1.93 bits per heavy atom. The van der Waals surface area contributed by atoms with Crippen LogP contribution < -0.4 is 10.5 Å². The summed E-state index contributed by atoms with van der Waals surface area (Å²) in [5, 5.41) is 3.32. The Morgan fingerprint density at radius 1 is 1.10 bits per heavy atom. The van der Waals surface area contributed by atoms with Gasteiger partial charge in [-0.15, -0.1) is 0 Å². The molecule has 0 aliphatic rings. The first-order valence-corrected chi connectivity index (χ1v) is 10.4. The summed E-state index contributed by atoms with van der Waals surface area (Å²) < 4.78 is 5.55. The second-order valence-corrected chi connectivity index (χ2v) is 8.04. The molecule has 0 unspecified atom stereocenters. The zero-order valence-corrected chi connectivity index (χ0v) is 18.0. The maximum Gasteiger partial charge on any atom is 0.145 e. The average Bonchev–Trinajstić information content (AvgIpc) is 3.05. The predicted octanol–water partition coefficient (Wildman–Crippen LogP) is 6.29. The fourth-order valence-corrected chi connectivity index (χ4v) is 4.52. The molecular weight excluding hydrogens is 405 g/mol. The maximum atomic E-state index is 6.61. The number of rotatable bonds is 6. The number of hydrogen-bond donors (Lipinski definition) is 2. The van der Waals surface area contributed by atoms with Gasteiger partial charge < -0.3 is 15.5 Å². The SMILES string of the molecule is COc1ccc(-c2[nH]c3cc(Cl)cc(Cl)c3c2CCCCN)c2ccc(C)nc12. The van der Waals surface area contributed by atoms with Crippen molar-refractivity contribution in [3.63, 3.8) is 0 Å². The van der Waals surface area contributed by atoms with Gasteiger partial charge in [0.1, 0.15) is 11.3 Å². The van der Waals surface area contributed by atoms with Crippen molar-refractivity contribution in [3.8, 4) is 17.0 Å². The van der Waals surface area contributed by atoms with Crippen LogP contribution in [0.5, 0.6) is 5.75 Å². The van der Waals surface area contributed by atoms with E-state index in [1.807, 2.05) is 25.1 Å². The lowest BCUT2D eigenvalue weighted by Crippen LogP contribution is -1.99. The number of aromatic nitrogens is 2. The van der Waals surface area contributed by atoms with E-state index in [2.05, 4.69) is 17.1 Å². The highest BCUT2D eigenvalue weighted by atomic mass is 35.5. The van der Waals surface area contributed by atoms with Crippen molar-refractivity contribution < 1.29 is 4.74 Å². The van der Waals surface area contributed by atoms with Gasteiger partial charge in [-0.1, -0.05) is 29.3 Å². The molecule has 0 bridgehead atoms. The highest BCUT2D eigenvalue weighted by Gasteiger charge is 2.19. The van der Waals surface area contributed by atoms with Crippen LogP contribution in [-0.2, 0) is 6.42 Å². The lowest BCUT2D eigenvalue weighted by molar-refractivity contribution is 0.419. The quantitative estimate of drug-likeness (QED) is 0.355. The average molecular weight is 428 g/mol. The number of nitrogens with zero attached hydrogens (tertiary/aromatic N) is 1. The normalized spacial score (nSPS) is 11.5. The molecule has 4 aromatic rings. The second-order valence-electron chi connectivity index (χ2n) is 7.20.